The third-order valence-electron chi connectivity index (χ3n) is 5.66. The van der Waals surface area contributed by atoms with Gasteiger partial charge in [0.05, 0.1) is 0 Å². The lowest BCUT2D eigenvalue weighted by Crippen LogP contribution is -2.16. The van der Waals surface area contributed by atoms with Gasteiger partial charge in [-0.3, -0.25) is 4.79 Å². The number of rotatable bonds is 6. The predicted molar refractivity (Wildman–Crippen MR) is 118 cm³/mol. The molecule has 0 aliphatic carbocycles. The van der Waals surface area contributed by atoms with Crippen molar-refractivity contribution in [1.29, 1.82) is 0 Å². The van der Waals surface area contributed by atoms with Gasteiger partial charge in [-0.15, -0.1) is 0 Å². The summed E-state index contributed by atoms with van der Waals surface area (Å²) < 4.78 is 1.95. The first-order valence-electron chi connectivity index (χ1n) is 10.2. The summed E-state index contributed by atoms with van der Waals surface area (Å²) in [7, 11) is 0. The Morgan fingerprint density at radius 3 is 2.62 bits per heavy atom. The van der Waals surface area contributed by atoms with Crippen LogP contribution in [0, 0.1) is 13.8 Å². The van der Waals surface area contributed by atoms with Gasteiger partial charge in [-0.2, -0.15) is 0 Å². The molecule has 0 spiro atoms. The Morgan fingerprint density at radius 2 is 1.90 bits per heavy atom. The van der Waals surface area contributed by atoms with E-state index in [1.807, 2.05) is 16.8 Å². The number of Topliss-reactive ketones (excluding diaryl/α,β-unsaturated/α-hetero) is 1. The average Bonchev–Trinajstić information content (AvgIpc) is 3.32. The molecule has 148 valence electrons. The van der Waals surface area contributed by atoms with Crippen LogP contribution in [0.15, 0.2) is 60.9 Å². The van der Waals surface area contributed by atoms with E-state index >= 15 is 0 Å². The first kappa shape index (κ1) is 19.2. The Kier molecular flexibility index (Phi) is 5.10. The maximum absolute atomic E-state index is 13.3. The lowest BCUT2D eigenvalue weighted by molar-refractivity contribution is 0.0961. The summed E-state index contributed by atoms with van der Waals surface area (Å²) in [6, 6.07) is 17.0. The summed E-state index contributed by atoms with van der Waals surface area (Å²) in [4.78, 5) is 21.3. The van der Waals surface area contributed by atoms with Gasteiger partial charge in [-0.1, -0.05) is 48.0 Å². The van der Waals surface area contributed by atoms with Crippen LogP contribution in [0.4, 0.5) is 0 Å². The third-order valence-corrected chi connectivity index (χ3v) is 5.66. The fraction of sp³-hybridized carbons (Fsp3) is 0.280. The van der Waals surface area contributed by atoms with Crippen LogP contribution >= 0.6 is 0 Å². The van der Waals surface area contributed by atoms with Crippen molar-refractivity contribution < 1.29 is 4.79 Å². The lowest BCUT2D eigenvalue weighted by atomic mass is 9.87. The predicted octanol–water partition coefficient (Wildman–Crippen LogP) is 5.97. The number of aromatic nitrogens is 3. The number of nitrogens with one attached hydrogen (secondary N) is 1. The van der Waals surface area contributed by atoms with E-state index in [-0.39, 0.29) is 17.7 Å². The number of imidazole rings is 1. The number of hydrogen-bond donors (Lipinski definition) is 1. The molecule has 0 aliphatic heterocycles. The van der Waals surface area contributed by atoms with Crippen molar-refractivity contribution in [3.63, 3.8) is 0 Å². The normalized spacial score (nSPS) is 12.6. The SMILES string of the molecule is Cc1cccc([C@H](CC(=O)c2nccn2C(C)C)c2[nH]c3ccccc3c2C)c1. The molecule has 0 bridgehead atoms. The minimum Gasteiger partial charge on any atom is -0.358 e. The van der Waals surface area contributed by atoms with E-state index in [2.05, 4.69) is 80.1 Å². The summed E-state index contributed by atoms with van der Waals surface area (Å²) >= 11 is 0. The highest BCUT2D eigenvalue weighted by atomic mass is 16.1. The number of H-pyrrole nitrogens is 1. The molecule has 0 fully saturated rings. The van der Waals surface area contributed by atoms with Crippen LogP contribution in [0.5, 0.6) is 0 Å². The van der Waals surface area contributed by atoms with Crippen molar-refractivity contribution in [3.8, 4) is 0 Å². The van der Waals surface area contributed by atoms with Gasteiger partial charge in [0.15, 0.2) is 11.6 Å². The van der Waals surface area contributed by atoms with E-state index in [1.54, 1.807) is 6.20 Å². The van der Waals surface area contributed by atoms with Gasteiger partial charge in [-0.05, 0) is 44.9 Å². The van der Waals surface area contributed by atoms with Crippen LogP contribution in [0.2, 0.25) is 0 Å². The maximum Gasteiger partial charge on any atom is 0.199 e. The molecule has 1 N–H and O–H groups in total. The minimum atomic E-state index is -0.0490. The minimum absolute atomic E-state index is 0.0490. The van der Waals surface area contributed by atoms with Crippen molar-refractivity contribution in [2.75, 3.05) is 0 Å². The number of benzene rings is 2. The highest BCUT2D eigenvalue weighted by molar-refractivity contribution is 5.94. The number of aryl methyl sites for hydroxylation is 2. The molecule has 4 rings (SSSR count). The number of hydrogen-bond acceptors (Lipinski definition) is 2. The van der Waals surface area contributed by atoms with E-state index in [0.29, 0.717) is 12.2 Å². The summed E-state index contributed by atoms with van der Waals surface area (Å²) in [6.07, 6.45) is 3.97. The van der Waals surface area contributed by atoms with Gasteiger partial charge in [-0.25, -0.2) is 4.98 Å². The van der Waals surface area contributed by atoms with Crippen molar-refractivity contribution in [2.45, 2.75) is 46.1 Å². The third kappa shape index (κ3) is 3.63. The molecule has 2 aromatic heterocycles. The second-order valence-electron chi connectivity index (χ2n) is 8.06. The zero-order chi connectivity index (χ0) is 20.5. The fourth-order valence-electron chi connectivity index (χ4n) is 4.15. The van der Waals surface area contributed by atoms with Crippen molar-refractivity contribution in [1.82, 2.24) is 14.5 Å². The largest absolute Gasteiger partial charge is 0.358 e. The summed E-state index contributed by atoms with van der Waals surface area (Å²) in [5, 5.41) is 1.20. The number of aromatic amines is 1. The fourth-order valence-corrected chi connectivity index (χ4v) is 4.15. The average molecular weight is 386 g/mol. The molecule has 1 atom stereocenters. The van der Waals surface area contributed by atoms with Gasteiger partial charge in [0.2, 0.25) is 0 Å². The van der Waals surface area contributed by atoms with Crippen LogP contribution in [-0.2, 0) is 0 Å². The molecule has 4 heteroatoms. The molecule has 0 aliphatic rings. The molecule has 2 heterocycles. The Balaban J connectivity index is 1.79. The maximum atomic E-state index is 13.3. The number of fused-ring (bicyclic) bond motifs is 1. The number of ketones is 1. The molecule has 29 heavy (non-hydrogen) atoms. The van der Waals surface area contributed by atoms with Gasteiger partial charge in [0, 0.05) is 47.4 Å². The smallest absolute Gasteiger partial charge is 0.199 e. The lowest BCUT2D eigenvalue weighted by Gasteiger charge is -2.19. The quantitative estimate of drug-likeness (QED) is 0.416. The van der Waals surface area contributed by atoms with E-state index in [1.165, 1.54) is 16.5 Å². The molecule has 0 unspecified atom stereocenters. The standard InChI is InChI=1S/C25H27N3O/c1-16(2)28-13-12-26-25(28)23(29)15-21(19-9-7-8-17(3)14-19)24-18(4)20-10-5-6-11-22(20)27-24/h5-14,16,21,27H,15H2,1-4H3/t21-/m0/s1. The highest BCUT2D eigenvalue weighted by Crippen LogP contribution is 2.35. The van der Waals surface area contributed by atoms with Gasteiger partial charge >= 0.3 is 0 Å². The van der Waals surface area contributed by atoms with Crippen molar-refractivity contribution >= 4 is 16.7 Å². The number of carbonyl (C=O) groups excluding carboxylic acids is 1. The van der Waals surface area contributed by atoms with Crippen LogP contribution in [0.25, 0.3) is 10.9 Å². The topological polar surface area (TPSA) is 50.7 Å². The van der Waals surface area contributed by atoms with Crippen LogP contribution in [-0.4, -0.2) is 20.3 Å². The Hall–Kier alpha value is -3.14. The van der Waals surface area contributed by atoms with E-state index < -0.39 is 0 Å². The Bertz CT molecular complexity index is 1170. The zero-order valence-corrected chi connectivity index (χ0v) is 17.4. The summed E-state index contributed by atoms with van der Waals surface area (Å²) in [5.74, 6) is 0.548. The molecule has 2 aromatic carbocycles. The number of carbonyl (C=O) groups is 1. The Morgan fingerprint density at radius 1 is 1.10 bits per heavy atom. The second-order valence-corrected chi connectivity index (χ2v) is 8.06. The van der Waals surface area contributed by atoms with E-state index in [4.69, 9.17) is 0 Å². The summed E-state index contributed by atoms with van der Waals surface area (Å²) in [6.45, 7) is 8.36. The van der Waals surface area contributed by atoms with Crippen LogP contribution in [0.3, 0.4) is 0 Å². The van der Waals surface area contributed by atoms with Crippen LogP contribution in [0.1, 0.15) is 65.2 Å². The molecule has 0 saturated carbocycles. The molecule has 0 amide bonds. The first-order chi connectivity index (χ1) is 14.0. The van der Waals surface area contributed by atoms with Gasteiger partial charge < -0.3 is 9.55 Å². The van der Waals surface area contributed by atoms with Crippen molar-refractivity contribution in [3.05, 3.63) is 89.1 Å². The van der Waals surface area contributed by atoms with Gasteiger partial charge in [0.25, 0.3) is 0 Å². The summed E-state index contributed by atoms with van der Waals surface area (Å²) in [5.41, 5.74) is 5.75. The molecule has 0 radical (unpaired) electrons. The number of para-hydroxylation sites is 1. The van der Waals surface area contributed by atoms with Crippen LogP contribution < -0.4 is 0 Å². The van der Waals surface area contributed by atoms with Crippen molar-refractivity contribution in [2.24, 2.45) is 0 Å². The van der Waals surface area contributed by atoms with E-state index in [9.17, 15) is 4.79 Å². The zero-order valence-electron chi connectivity index (χ0n) is 17.4. The van der Waals surface area contributed by atoms with E-state index in [0.717, 1.165) is 16.8 Å². The molecule has 0 saturated heterocycles. The second kappa shape index (κ2) is 7.70. The number of nitrogens with zero attached hydrogens (tertiary/aromatic N) is 2. The highest BCUT2D eigenvalue weighted by Gasteiger charge is 2.25. The Labute approximate surface area is 171 Å². The molecule has 4 aromatic rings. The molecular formula is C25H27N3O. The molecule has 4 nitrogen and oxygen atoms in total. The first-order valence-corrected chi connectivity index (χ1v) is 10.2. The monoisotopic (exact) mass is 385 g/mol. The van der Waals surface area contributed by atoms with Gasteiger partial charge in [0.1, 0.15) is 0 Å². The molecular weight excluding hydrogens is 358 g/mol.